The first-order valence-corrected chi connectivity index (χ1v) is 13.0. The quantitative estimate of drug-likeness (QED) is 0.144. The maximum Gasteiger partial charge on any atom is 0.176 e. The number of allylic oxidation sites excluding steroid dienone is 2. The standard InChI is InChI=1S/C32H30F4O2/c1-2-3-4-8-25(37)15-12-21-7-5-6-9-26(21)27-16-22(20-10-13-23(33)14-11-20)17-28(27)32(38)31-29(35)18-24(34)19-30(31)36/h5-7,9-11,13-14,17-19,27-28H,2-4,8,12,15-16H2,1H3. The molecular weight excluding hydrogens is 492 g/mol. The van der Waals surface area contributed by atoms with Crippen LogP contribution < -0.4 is 0 Å². The van der Waals surface area contributed by atoms with Crippen molar-refractivity contribution in [3.05, 3.63) is 112 Å². The summed E-state index contributed by atoms with van der Waals surface area (Å²) in [6, 6.07) is 14.3. The Hall–Kier alpha value is -3.54. The molecule has 38 heavy (non-hydrogen) atoms. The highest BCUT2D eigenvalue weighted by atomic mass is 19.1. The minimum absolute atomic E-state index is 0.174. The molecule has 0 heterocycles. The van der Waals surface area contributed by atoms with E-state index in [9.17, 15) is 27.2 Å². The van der Waals surface area contributed by atoms with Crippen LogP contribution in [0.2, 0.25) is 0 Å². The lowest BCUT2D eigenvalue weighted by Gasteiger charge is -2.22. The van der Waals surface area contributed by atoms with Crippen LogP contribution in [0.15, 0.2) is 66.7 Å². The molecular formula is C32H30F4O2. The first kappa shape index (κ1) is 27.5. The number of carbonyl (C=O) groups is 2. The van der Waals surface area contributed by atoms with Crippen LogP contribution in [0.1, 0.15) is 78.4 Å². The second-order valence-electron chi connectivity index (χ2n) is 9.84. The predicted molar refractivity (Wildman–Crippen MR) is 140 cm³/mol. The van der Waals surface area contributed by atoms with Crippen LogP contribution in [0.4, 0.5) is 17.6 Å². The van der Waals surface area contributed by atoms with Gasteiger partial charge in [0.15, 0.2) is 5.78 Å². The van der Waals surface area contributed by atoms with Gasteiger partial charge in [0.05, 0.1) is 5.56 Å². The van der Waals surface area contributed by atoms with Gasteiger partial charge < -0.3 is 0 Å². The zero-order valence-corrected chi connectivity index (χ0v) is 21.3. The highest BCUT2D eigenvalue weighted by Crippen LogP contribution is 2.45. The maximum absolute atomic E-state index is 14.6. The zero-order chi connectivity index (χ0) is 27.2. The molecule has 0 spiro atoms. The van der Waals surface area contributed by atoms with Gasteiger partial charge in [-0.3, -0.25) is 9.59 Å². The highest BCUT2D eigenvalue weighted by Gasteiger charge is 2.38. The number of Topliss-reactive ketones (excluding diaryl/α,β-unsaturated/α-hetero) is 2. The van der Waals surface area contributed by atoms with E-state index in [-0.39, 0.29) is 5.78 Å². The van der Waals surface area contributed by atoms with E-state index >= 15 is 0 Å². The van der Waals surface area contributed by atoms with Crippen molar-refractivity contribution in [2.75, 3.05) is 0 Å². The van der Waals surface area contributed by atoms with Crippen molar-refractivity contribution in [3.63, 3.8) is 0 Å². The number of benzene rings is 3. The molecule has 0 aromatic heterocycles. The van der Waals surface area contributed by atoms with E-state index in [1.807, 2.05) is 24.3 Å². The number of aryl methyl sites for hydroxylation is 1. The summed E-state index contributed by atoms with van der Waals surface area (Å²) in [5, 5.41) is 0. The Morgan fingerprint density at radius 1 is 0.842 bits per heavy atom. The second kappa shape index (κ2) is 12.3. The Balaban J connectivity index is 1.68. The molecule has 0 saturated heterocycles. The van der Waals surface area contributed by atoms with Gasteiger partial charge in [-0.1, -0.05) is 62.2 Å². The molecule has 0 amide bonds. The molecule has 1 aliphatic carbocycles. The number of ketones is 2. The van der Waals surface area contributed by atoms with E-state index in [0.29, 0.717) is 43.4 Å². The van der Waals surface area contributed by atoms with Gasteiger partial charge in [-0.25, -0.2) is 17.6 Å². The molecule has 2 atom stereocenters. The molecule has 4 rings (SSSR count). The molecule has 198 valence electrons. The number of halogens is 4. The molecule has 6 heteroatoms. The summed E-state index contributed by atoms with van der Waals surface area (Å²) in [6.07, 6.45) is 6.34. The molecule has 2 unspecified atom stereocenters. The van der Waals surface area contributed by atoms with Crippen molar-refractivity contribution >= 4 is 17.1 Å². The molecule has 0 radical (unpaired) electrons. The van der Waals surface area contributed by atoms with Crippen molar-refractivity contribution < 1.29 is 27.2 Å². The second-order valence-corrected chi connectivity index (χ2v) is 9.84. The Bertz CT molecular complexity index is 1320. The van der Waals surface area contributed by atoms with Gasteiger partial charge in [-0.05, 0) is 53.7 Å². The maximum atomic E-state index is 14.6. The average Bonchev–Trinajstić information content (AvgIpc) is 3.33. The minimum Gasteiger partial charge on any atom is -0.300 e. The highest BCUT2D eigenvalue weighted by molar-refractivity contribution is 6.02. The fourth-order valence-corrected chi connectivity index (χ4v) is 5.24. The zero-order valence-electron chi connectivity index (χ0n) is 21.3. The van der Waals surface area contributed by atoms with Crippen molar-refractivity contribution in [2.24, 2.45) is 5.92 Å². The molecule has 0 bridgehead atoms. The van der Waals surface area contributed by atoms with E-state index in [2.05, 4.69) is 6.92 Å². The molecule has 0 N–H and O–H groups in total. The van der Waals surface area contributed by atoms with E-state index in [1.165, 1.54) is 12.1 Å². The predicted octanol–water partition coefficient (Wildman–Crippen LogP) is 8.40. The van der Waals surface area contributed by atoms with Gasteiger partial charge in [0, 0.05) is 36.8 Å². The van der Waals surface area contributed by atoms with Gasteiger partial charge >= 0.3 is 0 Å². The van der Waals surface area contributed by atoms with Crippen LogP contribution in [0.25, 0.3) is 5.57 Å². The number of carbonyl (C=O) groups excluding carboxylic acids is 2. The number of hydrogen-bond donors (Lipinski definition) is 0. The summed E-state index contributed by atoms with van der Waals surface area (Å²) in [6.45, 7) is 2.08. The van der Waals surface area contributed by atoms with Crippen LogP contribution in [-0.2, 0) is 11.2 Å². The van der Waals surface area contributed by atoms with Gasteiger partial charge in [0.2, 0.25) is 0 Å². The lowest BCUT2D eigenvalue weighted by Crippen LogP contribution is -2.21. The summed E-state index contributed by atoms with van der Waals surface area (Å²) in [5.41, 5.74) is 2.40. The van der Waals surface area contributed by atoms with Crippen LogP contribution in [-0.4, -0.2) is 11.6 Å². The van der Waals surface area contributed by atoms with Gasteiger partial charge in [-0.15, -0.1) is 0 Å². The summed E-state index contributed by atoms with van der Waals surface area (Å²) >= 11 is 0. The largest absolute Gasteiger partial charge is 0.300 e. The summed E-state index contributed by atoms with van der Waals surface area (Å²) in [7, 11) is 0. The summed E-state index contributed by atoms with van der Waals surface area (Å²) in [4.78, 5) is 26.0. The van der Waals surface area contributed by atoms with E-state index < -0.39 is 46.5 Å². The molecule has 0 fully saturated rings. The van der Waals surface area contributed by atoms with Crippen LogP contribution >= 0.6 is 0 Å². The molecule has 3 aromatic carbocycles. The smallest absolute Gasteiger partial charge is 0.176 e. The molecule has 1 aliphatic rings. The molecule has 2 nitrogen and oxygen atoms in total. The van der Waals surface area contributed by atoms with E-state index in [4.69, 9.17) is 0 Å². The van der Waals surface area contributed by atoms with E-state index in [0.717, 1.165) is 36.0 Å². The molecule has 3 aromatic rings. The SMILES string of the molecule is CCCCCC(=O)CCc1ccccc1C1CC(c2ccc(F)cc2)=CC1C(=O)c1c(F)cc(F)cc1F. The Kier molecular flexibility index (Phi) is 8.93. The number of hydrogen-bond acceptors (Lipinski definition) is 2. The Morgan fingerprint density at radius 2 is 1.53 bits per heavy atom. The van der Waals surface area contributed by atoms with Gasteiger partial charge in [0.25, 0.3) is 0 Å². The minimum atomic E-state index is -1.25. The first-order chi connectivity index (χ1) is 18.3. The third-order valence-corrected chi connectivity index (χ3v) is 7.21. The fourth-order valence-electron chi connectivity index (χ4n) is 5.24. The van der Waals surface area contributed by atoms with Crippen molar-refractivity contribution in [1.29, 1.82) is 0 Å². The third-order valence-electron chi connectivity index (χ3n) is 7.21. The lowest BCUT2D eigenvalue weighted by molar-refractivity contribution is -0.119. The third kappa shape index (κ3) is 6.29. The number of rotatable bonds is 11. The monoisotopic (exact) mass is 522 g/mol. The lowest BCUT2D eigenvalue weighted by atomic mass is 9.80. The molecule has 0 aliphatic heterocycles. The van der Waals surface area contributed by atoms with Gasteiger partial charge in [-0.2, -0.15) is 0 Å². The van der Waals surface area contributed by atoms with Crippen LogP contribution in [0, 0.1) is 29.2 Å². The van der Waals surface area contributed by atoms with Crippen molar-refractivity contribution in [1.82, 2.24) is 0 Å². The summed E-state index contributed by atoms with van der Waals surface area (Å²) in [5.74, 6) is -6.00. The topological polar surface area (TPSA) is 34.1 Å². The first-order valence-electron chi connectivity index (χ1n) is 13.0. The van der Waals surface area contributed by atoms with Crippen LogP contribution in [0.5, 0.6) is 0 Å². The summed E-state index contributed by atoms with van der Waals surface area (Å²) < 4.78 is 56.3. The fraction of sp³-hybridized carbons (Fsp3) is 0.312. The Morgan fingerprint density at radius 3 is 2.21 bits per heavy atom. The van der Waals surface area contributed by atoms with Gasteiger partial charge in [0.1, 0.15) is 29.1 Å². The van der Waals surface area contributed by atoms with Crippen molar-refractivity contribution in [2.45, 2.75) is 57.8 Å². The Labute approximate surface area is 220 Å². The average molecular weight is 523 g/mol. The number of unbranched alkanes of at least 4 members (excludes halogenated alkanes) is 2. The van der Waals surface area contributed by atoms with Crippen molar-refractivity contribution in [3.8, 4) is 0 Å². The normalized spacial score (nSPS) is 16.9. The van der Waals surface area contributed by atoms with Crippen LogP contribution in [0.3, 0.4) is 0 Å². The van der Waals surface area contributed by atoms with E-state index in [1.54, 1.807) is 18.2 Å². The molecule has 0 saturated carbocycles.